The van der Waals surface area contributed by atoms with Crippen molar-refractivity contribution in [1.82, 2.24) is 4.72 Å². The van der Waals surface area contributed by atoms with Gasteiger partial charge in [-0.25, -0.2) is 13.1 Å². The van der Waals surface area contributed by atoms with Gasteiger partial charge in [-0.1, -0.05) is 24.3 Å². The van der Waals surface area contributed by atoms with Crippen molar-refractivity contribution in [3.8, 4) is 11.5 Å². The Hall–Kier alpha value is -1.57. The summed E-state index contributed by atoms with van der Waals surface area (Å²) in [5.74, 6) is 1.07. The lowest BCUT2D eigenvalue weighted by atomic mass is 10.2. The summed E-state index contributed by atoms with van der Waals surface area (Å²) >= 11 is 3.25. The minimum absolute atomic E-state index is 0.101. The summed E-state index contributed by atoms with van der Waals surface area (Å²) in [5.41, 5.74) is 0.692. The summed E-state index contributed by atoms with van der Waals surface area (Å²) in [4.78, 5) is 0.192. The van der Waals surface area contributed by atoms with Crippen molar-refractivity contribution < 1.29 is 17.9 Å². The summed E-state index contributed by atoms with van der Waals surface area (Å²) in [6.07, 6.45) is 0. The van der Waals surface area contributed by atoms with Crippen molar-refractivity contribution >= 4 is 26.0 Å². The van der Waals surface area contributed by atoms with Crippen LogP contribution in [0.3, 0.4) is 0 Å². The number of halogens is 1. The zero-order valence-electron chi connectivity index (χ0n) is 12.2. The molecule has 0 saturated carbocycles. The van der Waals surface area contributed by atoms with Crippen LogP contribution in [0.4, 0.5) is 0 Å². The number of ether oxygens (including phenoxy) is 2. The highest BCUT2D eigenvalue weighted by molar-refractivity contribution is 9.10. The molecule has 7 heteroatoms. The fraction of sp³-hybridized carbons (Fsp3) is 0.200. The molecule has 0 saturated heterocycles. The quantitative estimate of drug-likeness (QED) is 0.829. The first kappa shape index (κ1) is 16.8. The van der Waals surface area contributed by atoms with E-state index < -0.39 is 10.0 Å². The molecule has 5 nitrogen and oxygen atoms in total. The highest BCUT2D eigenvalue weighted by Gasteiger charge is 2.18. The van der Waals surface area contributed by atoms with Crippen LogP contribution in [0, 0.1) is 0 Å². The summed E-state index contributed by atoms with van der Waals surface area (Å²) in [7, 11) is -0.575. The van der Waals surface area contributed by atoms with Crippen molar-refractivity contribution in [2.45, 2.75) is 11.4 Å². The van der Waals surface area contributed by atoms with E-state index in [2.05, 4.69) is 20.7 Å². The zero-order valence-corrected chi connectivity index (χ0v) is 14.6. The Kier molecular flexibility index (Phi) is 5.44. The maximum absolute atomic E-state index is 12.4. The van der Waals surface area contributed by atoms with E-state index in [1.807, 2.05) is 0 Å². The van der Waals surface area contributed by atoms with Gasteiger partial charge in [-0.3, -0.25) is 0 Å². The second-order valence-electron chi connectivity index (χ2n) is 4.41. The van der Waals surface area contributed by atoms with E-state index in [-0.39, 0.29) is 11.4 Å². The standard InChI is InChI=1S/C15H16BrNO4S/c1-20-13-8-5-6-11(15(13)21-2)10-17-22(18,19)14-9-4-3-7-12(14)16/h3-9,17H,10H2,1-2H3. The van der Waals surface area contributed by atoms with Crippen LogP contribution in [0.25, 0.3) is 0 Å². The number of sulfonamides is 1. The van der Waals surface area contributed by atoms with Crippen LogP contribution in [0.2, 0.25) is 0 Å². The molecule has 0 aromatic heterocycles. The van der Waals surface area contributed by atoms with E-state index in [1.165, 1.54) is 20.3 Å². The lowest BCUT2D eigenvalue weighted by Gasteiger charge is -2.13. The highest BCUT2D eigenvalue weighted by Crippen LogP contribution is 2.31. The van der Waals surface area contributed by atoms with Gasteiger partial charge in [0.05, 0.1) is 19.1 Å². The molecule has 0 aliphatic carbocycles. The van der Waals surface area contributed by atoms with Gasteiger partial charge >= 0.3 is 0 Å². The molecular formula is C15H16BrNO4S. The van der Waals surface area contributed by atoms with E-state index in [0.717, 1.165) is 0 Å². The molecule has 118 valence electrons. The molecule has 0 aliphatic heterocycles. The normalized spacial score (nSPS) is 11.2. The minimum Gasteiger partial charge on any atom is -0.493 e. The molecule has 1 N–H and O–H groups in total. The molecule has 0 radical (unpaired) electrons. The topological polar surface area (TPSA) is 64.6 Å². The third-order valence-corrected chi connectivity index (χ3v) is 5.48. The van der Waals surface area contributed by atoms with Crippen molar-refractivity contribution in [3.63, 3.8) is 0 Å². The van der Waals surface area contributed by atoms with Gasteiger partial charge in [0.25, 0.3) is 0 Å². The van der Waals surface area contributed by atoms with Crippen LogP contribution in [0.15, 0.2) is 51.8 Å². The predicted octanol–water partition coefficient (Wildman–Crippen LogP) is 2.94. The van der Waals surface area contributed by atoms with Crippen LogP contribution in [-0.4, -0.2) is 22.6 Å². The number of methoxy groups -OCH3 is 2. The van der Waals surface area contributed by atoms with E-state index in [1.54, 1.807) is 36.4 Å². The summed E-state index contributed by atoms with van der Waals surface area (Å²) < 4.78 is 38.3. The molecule has 2 rings (SSSR count). The molecule has 0 unspecified atom stereocenters. The Bertz CT molecular complexity index is 762. The fourth-order valence-electron chi connectivity index (χ4n) is 2.01. The second kappa shape index (κ2) is 7.13. The molecule has 0 bridgehead atoms. The second-order valence-corrected chi connectivity index (χ2v) is 7.00. The number of benzene rings is 2. The molecule has 0 spiro atoms. The van der Waals surface area contributed by atoms with E-state index in [4.69, 9.17) is 9.47 Å². The van der Waals surface area contributed by atoms with E-state index in [9.17, 15) is 8.42 Å². The zero-order chi connectivity index (χ0) is 16.2. The Morgan fingerprint density at radius 3 is 2.41 bits per heavy atom. The third-order valence-electron chi connectivity index (χ3n) is 3.06. The average molecular weight is 386 g/mol. The van der Waals surface area contributed by atoms with E-state index >= 15 is 0 Å². The number of rotatable bonds is 6. The van der Waals surface area contributed by atoms with Gasteiger partial charge in [-0.15, -0.1) is 0 Å². The molecule has 0 amide bonds. The Morgan fingerprint density at radius 2 is 1.77 bits per heavy atom. The predicted molar refractivity (Wildman–Crippen MR) is 87.7 cm³/mol. The maximum atomic E-state index is 12.4. The van der Waals surface area contributed by atoms with Crippen molar-refractivity contribution in [2.75, 3.05) is 14.2 Å². The van der Waals surface area contributed by atoms with Crippen molar-refractivity contribution in [2.24, 2.45) is 0 Å². The maximum Gasteiger partial charge on any atom is 0.241 e. The number of para-hydroxylation sites is 1. The SMILES string of the molecule is COc1cccc(CNS(=O)(=O)c2ccccc2Br)c1OC. The first-order valence-corrected chi connectivity index (χ1v) is 8.71. The molecule has 0 fully saturated rings. The van der Waals surface area contributed by atoms with Crippen molar-refractivity contribution in [1.29, 1.82) is 0 Å². The molecule has 0 heterocycles. The fourth-order valence-corrected chi connectivity index (χ4v) is 4.01. The molecular weight excluding hydrogens is 370 g/mol. The molecule has 22 heavy (non-hydrogen) atoms. The highest BCUT2D eigenvalue weighted by atomic mass is 79.9. The first-order chi connectivity index (χ1) is 10.5. The monoisotopic (exact) mass is 385 g/mol. The van der Waals surface area contributed by atoms with Gasteiger partial charge < -0.3 is 9.47 Å². The van der Waals surface area contributed by atoms with Gasteiger partial charge in [0.2, 0.25) is 10.0 Å². The van der Waals surface area contributed by atoms with Gasteiger partial charge in [0.1, 0.15) is 0 Å². The lowest BCUT2D eigenvalue weighted by molar-refractivity contribution is 0.351. The van der Waals surface area contributed by atoms with Crippen LogP contribution in [0.1, 0.15) is 5.56 Å². The first-order valence-electron chi connectivity index (χ1n) is 6.43. The molecule has 2 aromatic carbocycles. The Balaban J connectivity index is 2.25. The van der Waals surface area contributed by atoms with Crippen molar-refractivity contribution in [3.05, 3.63) is 52.5 Å². The molecule has 0 atom stereocenters. The van der Waals surface area contributed by atoms with Crippen LogP contribution < -0.4 is 14.2 Å². The average Bonchev–Trinajstić information content (AvgIpc) is 2.52. The Labute approximate surface area is 138 Å². The largest absolute Gasteiger partial charge is 0.493 e. The number of hydrogen-bond acceptors (Lipinski definition) is 4. The lowest BCUT2D eigenvalue weighted by Crippen LogP contribution is -2.23. The van der Waals surface area contributed by atoms with Gasteiger partial charge in [0.15, 0.2) is 11.5 Å². The van der Waals surface area contributed by atoms with Crippen LogP contribution in [0.5, 0.6) is 11.5 Å². The minimum atomic E-state index is -3.63. The van der Waals surface area contributed by atoms with E-state index in [0.29, 0.717) is 21.5 Å². The van der Waals surface area contributed by atoms with Gasteiger partial charge in [-0.05, 0) is 34.1 Å². The summed E-state index contributed by atoms with van der Waals surface area (Å²) in [5, 5.41) is 0. The van der Waals surface area contributed by atoms with Gasteiger partial charge in [0, 0.05) is 16.6 Å². The third kappa shape index (κ3) is 3.60. The Morgan fingerprint density at radius 1 is 1.05 bits per heavy atom. The number of nitrogens with one attached hydrogen (secondary N) is 1. The molecule has 2 aromatic rings. The summed E-state index contributed by atoms with van der Waals surface area (Å²) in [6, 6.07) is 12.0. The molecule has 0 aliphatic rings. The smallest absolute Gasteiger partial charge is 0.241 e. The van der Waals surface area contributed by atoms with Crippen LogP contribution in [-0.2, 0) is 16.6 Å². The number of hydrogen-bond donors (Lipinski definition) is 1. The van der Waals surface area contributed by atoms with Gasteiger partial charge in [-0.2, -0.15) is 0 Å². The van der Waals surface area contributed by atoms with Crippen LogP contribution >= 0.6 is 15.9 Å². The summed E-state index contributed by atoms with van der Waals surface area (Å²) in [6.45, 7) is 0.101.